The first kappa shape index (κ1) is 18.7. The van der Waals surface area contributed by atoms with Crippen LogP contribution in [0.1, 0.15) is 32.7 Å². The number of aryl methyl sites for hydroxylation is 3. The molecule has 0 fully saturated rings. The van der Waals surface area contributed by atoms with Gasteiger partial charge < -0.3 is 9.73 Å². The monoisotopic (exact) mass is 374 g/mol. The van der Waals surface area contributed by atoms with Crippen molar-refractivity contribution in [2.45, 2.75) is 26.9 Å². The number of nitrogens with one attached hydrogen (secondary N) is 1. The second-order valence-corrected chi connectivity index (χ2v) is 6.34. The summed E-state index contributed by atoms with van der Waals surface area (Å²) >= 11 is 0. The van der Waals surface area contributed by atoms with Crippen molar-refractivity contribution in [3.63, 3.8) is 0 Å². The summed E-state index contributed by atoms with van der Waals surface area (Å²) in [7, 11) is 0. The van der Waals surface area contributed by atoms with E-state index in [1.54, 1.807) is 0 Å². The van der Waals surface area contributed by atoms with Gasteiger partial charge in [-0.3, -0.25) is 4.79 Å². The molecule has 3 aromatic rings. The molecule has 1 N–H and O–H groups in total. The smallest absolute Gasteiger partial charge is 0.416 e. The summed E-state index contributed by atoms with van der Waals surface area (Å²) in [5.41, 5.74) is 3.27. The number of amides is 1. The summed E-state index contributed by atoms with van der Waals surface area (Å²) in [6, 6.07) is 8.31. The van der Waals surface area contributed by atoms with E-state index in [-0.39, 0.29) is 11.6 Å². The summed E-state index contributed by atoms with van der Waals surface area (Å²) in [5, 5.41) is 2.81. The molecular formula is C20H17F3N2O2. The van der Waals surface area contributed by atoms with Gasteiger partial charge in [0, 0.05) is 11.3 Å². The van der Waals surface area contributed by atoms with Gasteiger partial charge in [-0.15, -0.1) is 0 Å². The van der Waals surface area contributed by atoms with E-state index < -0.39 is 17.6 Å². The molecule has 3 rings (SSSR count). The van der Waals surface area contributed by atoms with E-state index in [1.807, 2.05) is 32.9 Å². The molecule has 0 radical (unpaired) electrons. The van der Waals surface area contributed by atoms with Gasteiger partial charge in [-0.05, 0) is 56.2 Å². The number of hydrogen-bond acceptors (Lipinski definition) is 3. The molecule has 0 atom stereocenters. The van der Waals surface area contributed by atoms with Crippen LogP contribution in [0.3, 0.4) is 0 Å². The number of carbonyl (C=O) groups is 1. The van der Waals surface area contributed by atoms with Crippen LogP contribution in [0.2, 0.25) is 0 Å². The van der Waals surface area contributed by atoms with Crippen LogP contribution in [-0.2, 0) is 6.18 Å². The molecule has 0 aliphatic rings. The van der Waals surface area contributed by atoms with Gasteiger partial charge in [0.05, 0.1) is 5.56 Å². The molecule has 0 saturated heterocycles. The van der Waals surface area contributed by atoms with Crippen molar-refractivity contribution < 1.29 is 22.4 Å². The fourth-order valence-electron chi connectivity index (χ4n) is 2.87. The van der Waals surface area contributed by atoms with Crippen molar-refractivity contribution in [1.82, 2.24) is 4.98 Å². The van der Waals surface area contributed by atoms with Crippen LogP contribution in [0.25, 0.3) is 11.5 Å². The second kappa shape index (κ2) is 6.90. The average molecular weight is 374 g/mol. The number of hydrogen-bond donors (Lipinski definition) is 1. The van der Waals surface area contributed by atoms with Crippen LogP contribution in [0.5, 0.6) is 0 Å². The van der Waals surface area contributed by atoms with Crippen molar-refractivity contribution in [3.05, 3.63) is 70.6 Å². The highest BCUT2D eigenvalue weighted by molar-refractivity contribution is 6.03. The minimum Gasteiger partial charge on any atom is -0.444 e. The second-order valence-electron chi connectivity index (χ2n) is 6.34. The number of rotatable bonds is 3. The Bertz CT molecular complexity index is 966. The summed E-state index contributed by atoms with van der Waals surface area (Å²) in [6.07, 6.45) is -3.23. The highest BCUT2D eigenvalue weighted by Gasteiger charge is 2.30. The average Bonchev–Trinajstić information content (AvgIpc) is 3.07. The van der Waals surface area contributed by atoms with Gasteiger partial charge in [0.15, 0.2) is 5.69 Å². The molecule has 0 aliphatic carbocycles. The van der Waals surface area contributed by atoms with E-state index in [0.717, 1.165) is 28.8 Å². The van der Waals surface area contributed by atoms with E-state index in [0.29, 0.717) is 11.3 Å². The Kier molecular flexibility index (Phi) is 4.78. The lowest BCUT2D eigenvalue weighted by Gasteiger charge is -2.11. The molecule has 0 bridgehead atoms. The normalized spacial score (nSPS) is 11.5. The van der Waals surface area contributed by atoms with Gasteiger partial charge in [-0.2, -0.15) is 13.2 Å². The Morgan fingerprint density at radius 2 is 1.63 bits per heavy atom. The highest BCUT2D eigenvalue weighted by Crippen LogP contribution is 2.31. The fourth-order valence-corrected chi connectivity index (χ4v) is 2.87. The summed E-state index contributed by atoms with van der Waals surface area (Å²) in [5.74, 6) is -0.377. The zero-order valence-electron chi connectivity index (χ0n) is 14.9. The van der Waals surface area contributed by atoms with Gasteiger partial charge in [-0.1, -0.05) is 17.7 Å². The number of benzene rings is 2. The number of alkyl halides is 3. The number of anilines is 1. The Hall–Kier alpha value is -3.09. The van der Waals surface area contributed by atoms with Gasteiger partial charge in [-0.25, -0.2) is 4.98 Å². The van der Waals surface area contributed by atoms with Crippen LogP contribution in [-0.4, -0.2) is 10.9 Å². The summed E-state index contributed by atoms with van der Waals surface area (Å²) < 4.78 is 43.2. The molecule has 2 aromatic carbocycles. The Morgan fingerprint density at radius 1 is 1.04 bits per heavy atom. The summed E-state index contributed by atoms with van der Waals surface area (Å²) in [4.78, 5) is 16.5. The van der Waals surface area contributed by atoms with Crippen LogP contribution in [0.15, 0.2) is 47.1 Å². The third-order valence-electron chi connectivity index (χ3n) is 4.11. The zero-order chi connectivity index (χ0) is 19.8. The largest absolute Gasteiger partial charge is 0.444 e. The molecule has 4 nitrogen and oxygen atoms in total. The lowest BCUT2D eigenvalue weighted by atomic mass is 10.1. The predicted molar refractivity (Wildman–Crippen MR) is 95.5 cm³/mol. The zero-order valence-corrected chi connectivity index (χ0v) is 14.9. The topological polar surface area (TPSA) is 55.1 Å². The van der Waals surface area contributed by atoms with Gasteiger partial charge in [0.2, 0.25) is 5.89 Å². The highest BCUT2D eigenvalue weighted by atomic mass is 19.4. The molecule has 0 unspecified atom stereocenters. The van der Waals surface area contributed by atoms with Crippen molar-refractivity contribution >= 4 is 11.6 Å². The van der Waals surface area contributed by atoms with Crippen molar-refractivity contribution in [2.75, 3.05) is 5.32 Å². The molecule has 1 amide bonds. The van der Waals surface area contributed by atoms with Gasteiger partial charge in [0.1, 0.15) is 6.26 Å². The molecule has 27 heavy (non-hydrogen) atoms. The van der Waals surface area contributed by atoms with Crippen LogP contribution >= 0.6 is 0 Å². The Balaban J connectivity index is 1.80. The predicted octanol–water partition coefficient (Wildman–Crippen LogP) is 5.54. The number of halogens is 3. The maximum atomic E-state index is 12.6. The minimum atomic E-state index is -4.41. The van der Waals surface area contributed by atoms with Gasteiger partial charge in [0.25, 0.3) is 5.91 Å². The number of aromatic nitrogens is 1. The van der Waals surface area contributed by atoms with E-state index in [2.05, 4.69) is 10.3 Å². The van der Waals surface area contributed by atoms with Crippen molar-refractivity contribution in [2.24, 2.45) is 0 Å². The third kappa shape index (κ3) is 4.02. The fraction of sp³-hybridized carbons (Fsp3) is 0.200. The first-order chi connectivity index (χ1) is 12.6. The quantitative estimate of drug-likeness (QED) is 0.655. The molecular weight excluding hydrogens is 357 g/mol. The molecule has 1 aromatic heterocycles. The number of carbonyl (C=O) groups excluding carboxylic acids is 1. The Morgan fingerprint density at radius 3 is 2.19 bits per heavy atom. The number of oxazole rings is 1. The van der Waals surface area contributed by atoms with Crippen molar-refractivity contribution in [1.29, 1.82) is 0 Å². The third-order valence-corrected chi connectivity index (χ3v) is 4.11. The van der Waals surface area contributed by atoms with Gasteiger partial charge >= 0.3 is 6.18 Å². The molecule has 0 aliphatic heterocycles. The lowest BCUT2D eigenvalue weighted by molar-refractivity contribution is -0.137. The van der Waals surface area contributed by atoms with E-state index in [9.17, 15) is 18.0 Å². The lowest BCUT2D eigenvalue weighted by Crippen LogP contribution is -2.14. The standard InChI is InChI=1S/C20H17F3N2O2/c1-11-8-12(2)17(13(3)9-11)25-18(26)16-10-27-19(24-16)14-4-6-15(7-5-14)20(21,22)23/h4-10H,1-3H3,(H,25,26). The SMILES string of the molecule is Cc1cc(C)c(NC(=O)c2coc(-c3ccc(C(F)(F)F)cc3)n2)c(C)c1. The number of nitrogens with zero attached hydrogens (tertiary/aromatic N) is 1. The summed E-state index contributed by atoms with van der Waals surface area (Å²) in [6.45, 7) is 5.76. The van der Waals surface area contributed by atoms with Crippen LogP contribution in [0, 0.1) is 20.8 Å². The maximum Gasteiger partial charge on any atom is 0.416 e. The molecule has 140 valence electrons. The molecule has 0 saturated carbocycles. The minimum absolute atomic E-state index is 0.0456. The first-order valence-corrected chi connectivity index (χ1v) is 8.17. The molecule has 0 spiro atoms. The first-order valence-electron chi connectivity index (χ1n) is 8.17. The Labute approximate surface area is 154 Å². The van der Waals surface area contributed by atoms with E-state index in [1.165, 1.54) is 18.4 Å². The van der Waals surface area contributed by atoms with Crippen molar-refractivity contribution in [3.8, 4) is 11.5 Å². The van der Waals surface area contributed by atoms with E-state index >= 15 is 0 Å². The molecule has 7 heteroatoms. The van der Waals surface area contributed by atoms with Crippen LogP contribution in [0.4, 0.5) is 18.9 Å². The van der Waals surface area contributed by atoms with E-state index in [4.69, 9.17) is 4.42 Å². The molecule has 1 heterocycles. The maximum absolute atomic E-state index is 12.6. The van der Waals surface area contributed by atoms with Crippen LogP contribution < -0.4 is 5.32 Å².